The number of unbranched alkanes of at least 4 members (excludes halogenated alkanes) is 12. The third-order valence-corrected chi connectivity index (χ3v) is 12.0. The van der Waals surface area contributed by atoms with Crippen molar-refractivity contribution >= 4 is 21.6 Å². The quantitative estimate of drug-likeness (QED) is 0.151. The van der Waals surface area contributed by atoms with E-state index in [1.54, 1.807) is 0 Å². The summed E-state index contributed by atoms with van der Waals surface area (Å²) in [5.74, 6) is 0. The number of nitrogens with zero attached hydrogens (tertiary/aromatic N) is 2. The molecule has 0 aliphatic heterocycles. The maximum atomic E-state index is 4.93. The number of hydrogen-bond donors (Lipinski definition) is 0. The van der Waals surface area contributed by atoms with Gasteiger partial charge in [-0.1, -0.05) is 0 Å². The van der Waals surface area contributed by atoms with Crippen molar-refractivity contribution in [3.63, 3.8) is 0 Å². The maximum absolute atomic E-state index is 4.93. The Morgan fingerprint density at radius 1 is 0.531 bits per heavy atom. The van der Waals surface area contributed by atoms with Crippen molar-refractivity contribution in [1.29, 1.82) is 0 Å². The summed E-state index contributed by atoms with van der Waals surface area (Å²) in [6.45, 7) is 4.59. The van der Waals surface area contributed by atoms with E-state index in [0.717, 1.165) is 0 Å². The summed E-state index contributed by atoms with van der Waals surface area (Å²) in [6.07, 6.45) is 23.1. The van der Waals surface area contributed by atoms with Crippen LogP contribution in [-0.2, 0) is 12.8 Å². The number of aromatic nitrogens is 2. The summed E-state index contributed by atoms with van der Waals surface area (Å²) in [4.78, 5) is 9.86. The summed E-state index contributed by atoms with van der Waals surface area (Å²) in [6, 6.07) is 13.1. The molecular formula is C28H47ClMnN2. The van der Waals surface area contributed by atoms with Crippen LogP contribution >= 0.6 is 12.4 Å². The minimum atomic E-state index is -1.94. The van der Waals surface area contributed by atoms with Gasteiger partial charge in [-0.25, -0.2) is 0 Å². The Balaban J connectivity index is 0.00000512. The zero-order valence-electron chi connectivity index (χ0n) is 20.6. The normalized spacial score (nSPS) is 11.8. The molecule has 0 N–H and O–H groups in total. The zero-order chi connectivity index (χ0) is 22.0. The first-order chi connectivity index (χ1) is 15.3. The Morgan fingerprint density at radius 2 is 0.906 bits per heavy atom. The molecule has 0 saturated heterocycles. The number of pyridine rings is 2. The van der Waals surface area contributed by atoms with Crippen molar-refractivity contribution in [2.24, 2.45) is 0 Å². The molecule has 2 rings (SSSR count). The molecule has 4 heteroatoms. The SMILES string of the molecule is CCCCCCCC[CH2][Mn]([CH2]CCCCCCCC)([c]1ccccn1)[c]1ccccn1.Cl. The van der Waals surface area contributed by atoms with E-state index in [1.165, 1.54) is 110 Å². The Morgan fingerprint density at radius 3 is 1.25 bits per heavy atom. The molecule has 0 saturated carbocycles. The standard InChI is InChI=1S/2C9H19.2C5H4N.ClH.Mn/c2*1-3-5-7-9-8-6-4-2;2*1-2-4-6-5-3-1;;/h2*1,3-9H2,2H3;2*1-4H;1H;. The molecule has 0 aliphatic carbocycles. The second-order valence-corrected chi connectivity index (χ2v) is 13.7. The van der Waals surface area contributed by atoms with Gasteiger partial charge in [-0.05, 0) is 0 Å². The molecule has 0 spiro atoms. The molecule has 0 fully saturated rings. The summed E-state index contributed by atoms with van der Waals surface area (Å²) in [5.41, 5.74) is 0. The maximum Gasteiger partial charge on any atom is -0.147 e. The van der Waals surface area contributed by atoms with Crippen LogP contribution in [0.1, 0.15) is 104 Å². The number of halogens is 1. The Kier molecular flexibility index (Phi) is 16.9. The van der Waals surface area contributed by atoms with Crippen LogP contribution in [0.2, 0.25) is 10.6 Å². The van der Waals surface area contributed by atoms with E-state index < -0.39 is 12.8 Å². The van der Waals surface area contributed by atoms with Gasteiger partial charge < -0.3 is 0 Å². The third-order valence-electron chi connectivity index (χ3n) is 6.12. The monoisotopic (exact) mass is 501 g/mol. The second kappa shape index (κ2) is 18.5. The molecule has 2 aromatic heterocycles. The molecular weight excluding hydrogens is 455 g/mol. The van der Waals surface area contributed by atoms with Crippen molar-refractivity contribution in [2.45, 2.75) is 114 Å². The largest absolute Gasteiger partial charge is 0.147 e. The van der Waals surface area contributed by atoms with Crippen LogP contribution in [0.3, 0.4) is 0 Å². The van der Waals surface area contributed by atoms with E-state index in [1.807, 2.05) is 12.4 Å². The van der Waals surface area contributed by atoms with Gasteiger partial charge in [-0.3, -0.25) is 0 Å². The van der Waals surface area contributed by atoms with E-state index in [-0.39, 0.29) is 12.4 Å². The van der Waals surface area contributed by atoms with Gasteiger partial charge in [0, 0.05) is 0 Å². The first kappa shape index (κ1) is 29.1. The topological polar surface area (TPSA) is 25.8 Å². The van der Waals surface area contributed by atoms with Gasteiger partial charge in [0.25, 0.3) is 0 Å². The molecule has 0 atom stereocenters. The van der Waals surface area contributed by atoms with Crippen LogP contribution < -0.4 is 9.18 Å². The Labute approximate surface area is 207 Å². The fourth-order valence-corrected chi connectivity index (χ4v) is 9.82. The second-order valence-electron chi connectivity index (χ2n) is 8.74. The van der Waals surface area contributed by atoms with Crippen LogP contribution in [0.4, 0.5) is 0 Å². The molecule has 0 radical (unpaired) electrons. The molecule has 32 heavy (non-hydrogen) atoms. The molecule has 0 amide bonds. The molecule has 2 nitrogen and oxygen atoms in total. The average molecular weight is 502 g/mol. The zero-order valence-corrected chi connectivity index (χ0v) is 22.6. The summed E-state index contributed by atoms with van der Waals surface area (Å²) in [5, 5.41) is 2.60. The molecule has 2 aromatic rings. The van der Waals surface area contributed by atoms with Gasteiger partial charge in [0.05, 0.1) is 0 Å². The predicted molar refractivity (Wildman–Crippen MR) is 141 cm³/mol. The van der Waals surface area contributed by atoms with Gasteiger partial charge in [0.1, 0.15) is 0 Å². The Bertz CT molecular complexity index is 606. The fraction of sp³-hybridized carbons (Fsp3) is 0.643. The van der Waals surface area contributed by atoms with Crippen molar-refractivity contribution in [2.75, 3.05) is 0 Å². The fourth-order valence-electron chi connectivity index (χ4n) is 4.25. The van der Waals surface area contributed by atoms with Gasteiger partial charge in [-0.15, -0.1) is 12.4 Å². The van der Waals surface area contributed by atoms with Crippen molar-refractivity contribution in [1.82, 2.24) is 9.97 Å². The Hall–Kier alpha value is -0.891. The predicted octanol–water partition coefficient (Wildman–Crippen LogP) is 8.34. The molecule has 183 valence electrons. The van der Waals surface area contributed by atoms with Crippen LogP contribution in [0.5, 0.6) is 0 Å². The van der Waals surface area contributed by atoms with E-state index in [9.17, 15) is 0 Å². The van der Waals surface area contributed by atoms with Crippen LogP contribution in [0, 0.1) is 0 Å². The first-order valence-electron chi connectivity index (χ1n) is 12.9. The molecule has 0 unspecified atom stereocenters. The van der Waals surface area contributed by atoms with Crippen LogP contribution in [-0.4, -0.2) is 9.97 Å². The molecule has 0 bridgehead atoms. The molecule has 0 aliphatic rings. The number of hydrogen-bond acceptors (Lipinski definition) is 2. The van der Waals surface area contributed by atoms with Gasteiger partial charge in [-0.2, -0.15) is 0 Å². The third kappa shape index (κ3) is 10.4. The van der Waals surface area contributed by atoms with Gasteiger partial charge >= 0.3 is 195 Å². The van der Waals surface area contributed by atoms with E-state index in [2.05, 4.69) is 50.2 Å². The van der Waals surface area contributed by atoms with E-state index in [0.29, 0.717) is 0 Å². The summed E-state index contributed by atoms with van der Waals surface area (Å²) in [7, 11) is 0. The van der Waals surface area contributed by atoms with Crippen molar-refractivity contribution in [3.05, 3.63) is 48.8 Å². The summed E-state index contributed by atoms with van der Waals surface area (Å²) < 4.78 is 2.71. The molecule has 0 aromatic carbocycles. The van der Waals surface area contributed by atoms with Gasteiger partial charge in [0.15, 0.2) is 0 Å². The van der Waals surface area contributed by atoms with Crippen molar-refractivity contribution in [3.8, 4) is 0 Å². The smallest absolute Gasteiger partial charge is 0.147 e. The van der Waals surface area contributed by atoms with Crippen LogP contribution in [0.25, 0.3) is 0 Å². The summed E-state index contributed by atoms with van der Waals surface area (Å²) >= 11 is -1.94. The van der Waals surface area contributed by atoms with E-state index >= 15 is 0 Å². The number of rotatable bonds is 18. The minimum Gasteiger partial charge on any atom is -0.147 e. The van der Waals surface area contributed by atoms with Crippen molar-refractivity contribution < 1.29 is 12.8 Å². The van der Waals surface area contributed by atoms with Crippen LogP contribution in [0.15, 0.2) is 48.8 Å². The first-order valence-corrected chi connectivity index (χ1v) is 15.7. The molecule has 2 heterocycles. The average Bonchev–Trinajstić information content (AvgIpc) is 2.83. The van der Waals surface area contributed by atoms with Gasteiger partial charge in [0.2, 0.25) is 0 Å². The van der Waals surface area contributed by atoms with E-state index in [4.69, 9.17) is 9.97 Å². The minimum absolute atomic E-state index is 0.